The highest BCUT2D eigenvalue weighted by atomic mass is 32.1. The third-order valence-corrected chi connectivity index (χ3v) is 5.71. The summed E-state index contributed by atoms with van der Waals surface area (Å²) < 4.78 is 0. The third-order valence-electron chi connectivity index (χ3n) is 4.77. The fourth-order valence-electron chi connectivity index (χ4n) is 3.40. The molecule has 140 valence electrons. The van der Waals surface area contributed by atoms with Crippen molar-refractivity contribution in [2.45, 2.75) is 32.9 Å². The highest BCUT2D eigenvalue weighted by molar-refractivity contribution is 7.10. The molecule has 1 saturated heterocycles. The first-order valence-electron chi connectivity index (χ1n) is 9.12. The van der Waals surface area contributed by atoms with Crippen LogP contribution in [0.5, 0.6) is 0 Å². The first-order valence-corrected chi connectivity index (χ1v) is 10.0. The van der Waals surface area contributed by atoms with Crippen molar-refractivity contribution >= 4 is 17.2 Å². The van der Waals surface area contributed by atoms with Crippen LogP contribution in [-0.4, -0.2) is 42.0 Å². The number of hydrogen-bond donors (Lipinski definition) is 2. The van der Waals surface area contributed by atoms with Gasteiger partial charge in [-0.3, -0.25) is 14.7 Å². The number of amides is 1. The second kappa shape index (κ2) is 8.29. The Balaban J connectivity index is 1.69. The number of piperazine rings is 1. The molecule has 2 atom stereocenters. The average molecular weight is 373 g/mol. The molecule has 1 fully saturated rings. The highest BCUT2D eigenvalue weighted by Gasteiger charge is 2.31. The molecule has 26 heavy (non-hydrogen) atoms. The van der Waals surface area contributed by atoms with Gasteiger partial charge in [0.2, 0.25) is 5.91 Å². The van der Waals surface area contributed by atoms with Gasteiger partial charge in [0.1, 0.15) is 0 Å². The summed E-state index contributed by atoms with van der Waals surface area (Å²) in [7, 11) is 0. The fraction of sp³-hybridized carbons (Fsp3) is 0.500. The summed E-state index contributed by atoms with van der Waals surface area (Å²) in [5.74, 6) is 0.0779. The molecule has 2 N–H and O–H groups in total. The number of rotatable bonds is 5. The second-order valence-electron chi connectivity index (χ2n) is 7.86. The van der Waals surface area contributed by atoms with E-state index >= 15 is 0 Å². The van der Waals surface area contributed by atoms with Gasteiger partial charge in [-0.2, -0.15) is 0 Å². The van der Waals surface area contributed by atoms with E-state index in [-0.39, 0.29) is 23.4 Å². The number of pyridine rings is 1. The maximum atomic E-state index is 12.9. The molecular weight excluding hydrogens is 344 g/mol. The molecule has 1 aliphatic heterocycles. The largest absolute Gasteiger partial charge is 0.347 e. The average Bonchev–Trinajstić information content (AvgIpc) is 3.14. The summed E-state index contributed by atoms with van der Waals surface area (Å²) in [4.78, 5) is 20.5. The van der Waals surface area contributed by atoms with E-state index in [9.17, 15) is 4.79 Å². The molecule has 0 spiro atoms. The molecule has 0 radical (unpaired) electrons. The first kappa shape index (κ1) is 19.0. The van der Waals surface area contributed by atoms with Gasteiger partial charge < -0.3 is 10.6 Å². The lowest BCUT2D eigenvalue weighted by Gasteiger charge is -2.37. The topological polar surface area (TPSA) is 57.3 Å². The van der Waals surface area contributed by atoms with Crippen LogP contribution in [0.15, 0.2) is 42.0 Å². The van der Waals surface area contributed by atoms with Crippen molar-refractivity contribution in [3.63, 3.8) is 0 Å². The van der Waals surface area contributed by atoms with Crippen LogP contribution in [0.2, 0.25) is 0 Å². The van der Waals surface area contributed by atoms with E-state index in [2.05, 4.69) is 58.8 Å². The lowest BCUT2D eigenvalue weighted by atomic mass is 9.85. The molecule has 2 unspecified atom stereocenters. The second-order valence-corrected chi connectivity index (χ2v) is 8.84. The monoisotopic (exact) mass is 372 g/mol. The van der Waals surface area contributed by atoms with Gasteiger partial charge in [-0.1, -0.05) is 32.9 Å². The Bertz CT molecular complexity index is 696. The highest BCUT2D eigenvalue weighted by Crippen LogP contribution is 2.35. The van der Waals surface area contributed by atoms with E-state index in [1.165, 1.54) is 4.88 Å². The Morgan fingerprint density at radius 2 is 2.27 bits per heavy atom. The van der Waals surface area contributed by atoms with Crippen LogP contribution in [0, 0.1) is 5.41 Å². The van der Waals surface area contributed by atoms with Gasteiger partial charge in [-0.25, -0.2) is 0 Å². The number of nitrogens with zero attached hydrogens (tertiary/aromatic N) is 2. The van der Waals surface area contributed by atoms with Crippen molar-refractivity contribution in [2.24, 2.45) is 5.41 Å². The lowest BCUT2D eigenvalue weighted by molar-refractivity contribution is -0.124. The molecule has 2 aromatic rings. The van der Waals surface area contributed by atoms with Crippen LogP contribution < -0.4 is 10.6 Å². The smallest absolute Gasteiger partial charge is 0.234 e. The van der Waals surface area contributed by atoms with Crippen molar-refractivity contribution in [2.75, 3.05) is 26.2 Å². The molecule has 6 heteroatoms. The van der Waals surface area contributed by atoms with Crippen molar-refractivity contribution in [3.8, 4) is 0 Å². The van der Waals surface area contributed by atoms with Crippen LogP contribution in [0.25, 0.3) is 0 Å². The molecular formula is C20H28N4OS. The van der Waals surface area contributed by atoms with Gasteiger partial charge in [0.05, 0.1) is 12.6 Å². The molecule has 1 aliphatic rings. The van der Waals surface area contributed by atoms with E-state index in [1.807, 2.05) is 18.3 Å². The summed E-state index contributed by atoms with van der Waals surface area (Å²) in [6, 6.07) is 8.38. The molecule has 0 bridgehead atoms. The van der Waals surface area contributed by atoms with Gasteiger partial charge in [-0.05, 0) is 28.5 Å². The van der Waals surface area contributed by atoms with Crippen molar-refractivity contribution in [1.82, 2.24) is 20.5 Å². The number of carbonyl (C=O) groups is 1. The molecule has 1 amide bonds. The molecule has 0 aromatic carbocycles. The van der Waals surface area contributed by atoms with E-state index < -0.39 is 0 Å². The number of hydrogen-bond acceptors (Lipinski definition) is 5. The Morgan fingerprint density at radius 1 is 1.42 bits per heavy atom. The number of nitrogens with one attached hydrogen (secondary N) is 2. The number of thiophene rings is 1. The predicted octanol–water partition coefficient (Wildman–Crippen LogP) is 2.99. The zero-order valence-electron chi connectivity index (χ0n) is 15.7. The molecule has 0 saturated carbocycles. The number of aromatic nitrogens is 1. The zero-order chi connectivity index (χ0) is 18.6. The lowest BCUT2D eigenvalue weighted by Crippen LogP contribution is -2.50. The third kappa shape index (κ3) is 4.69. The van der Waals surface area contributed by atoms with Crippen molar-refractivity contribution in [3.05, 3.63) is 52.5 Å². The summed E-state index contributed by atoms with van der Waals surface area (Å²) in [5.41, 5.74) is 1.12. The molecule has 3 rings (SSSR count). The fourth-order valence-corrected chi connectivity index (χ4v) is 4.42. The maximum absolute atomic E-state index is 12.9. The summed E-state index contributed by atoms with van der Waals surface area (Å²) in [6.07, 6.45) is 3.68. The predicted molar refractivity (Wildman–Crippen MR) is 106 cm³/mol. The SMILES string of the molecule is CC(C)(C)C(NC(=O)CN1CCNCC1c1cccnc1)c1cccs1. The minimum atomic E-state index is -0.0350. The van der Waals surface area contributed by atoms with Gasteiger partial charge in [0.15, 0.2) is 0 Å². The minimum Gasteiger partial charge on any atom is -0.347 e. The van der Waals surface area contributed by atoms with E-state index in [1.54, 1.807) is 17.5 Å². The Hall–Kier alpha value is -1.76. The van der Waals surface area contributed by atoms with Crippen LogP contribution in [0.4, 0.5) is 0 Å². The summed E-state index contributed by atoms with van der Waals surface area (Å²) in [6.45, 7) is 9.50. The molecule has 0 aliphatic carbocycles. The standard InChI is InChI=1S/C20H28N4OS/c1-20(2,3)19(17-7-5-11-26-17)23-18(25)14-24-10-9-22-13-16(24)15-6-4-8-21-12-15/h4-8,11-12,16,19,22H,9-10,13-14H2,1-3H3,(H,23,25). The maximum Gasteiger partial charge on any atom is 0.234 e. The summed E-state index contributed by atoms with van der Waals surface area (Å²) in [5, 5.41) is 8.76. The summed E-state index contributed by atoms with van der Waals surface area (Å²) >= 11 is 1.70. The van der Waals surface area contributed by atoms with Crippen LogP contribution in [0.3, 0.4) is 0 Å². The van der Waals surface area contributed by atoms with Gasteiger partial charge in [-0.15, -0.1) is 11.3 Å². The van der Waals surface area contributed by atoms with E-state index in [0.717, 1.165) is 25.2 Å². The molecule has 2 aromatic heterocycles. The van der Waals surface area contributed by atoms with Crippen molar-refractivity contribution in [1.29, 1.82) is 0 Å². The van der Waals surface area contributed by atoms with Crippen LogP contribution in [0.1, 0.15) is 43.3 Å². The van der Waals surface area contributed by atoms with E-state index in [0.29, 0.717) is 6.54 Å². The normalized spacial score (nSPS) is 19.9. The number of carbonyl (C=O) groups excluding carboxylic acids is 1. The Labute approximate surface area is 159 Å². The van der Waals surface area contributed by atoms with Crippen LogP contribution in [-0.2, 0) is 4.79 Å². The van der Waals surface area contributed by atoms with Crippen LogP contribution >= 0.6 is 11.3 Å². The molecule has 3 heterocycles. The zero-order valence-corrected chi connectivity index (χ0v) is 16.6. The first-order chi connectivity index (χ1) is 12.4. The van der Waals surface area contributed by atoms with Gasteiger partial charge in [0, 0.05) is 42.9 Å². The Kier molecular flexibility index (Phi) is 6.06. The van der Waals surface area contributed by atoms with Crippen molar-refractivity contribution < 1.29 is 4.79 Å². The quantitative estimate of drug-likeness (QED) is 0.847. The van der Waals surface area contributed by atoms with E-state index in [4.69, 9.17) is 0 Å². The van der Waals surface area contributed by atoms with Gasteiger partial charge in [0.25, 0.3) is 0 Å². The Morgan fingerprint density at radius 3 is 2.92 bits per heavy atom. The minimum absolute atomic E-state index is 0.0229. The molecule has 5 nitrogen and oxygen atoms in total. The van der Waals surface area contributed by atoms with Gasteiger partial charge >= 0.3 is 0 Å².